The molecule has 2 aliphatic rings. The molecule has 0 spiro atoms. The van der Waals surface area contributed by atoms with Crippen LogP contribution in [0.1, 0.15) is 40.5 Å². The van der Waals surface area contributed by atoms with Gasteiger partial charge in [-0.1, -0.05) is 13.8 Å². The van der Waals surface area contributed by atoms with Crippen LogP contribution in [0.15, 0.2) is 0 Å². The van der Waals surface area contributed by atoms with Gasteiger partial charge in [-0.25, -0.2) is 0 Å². The second-order valence-electron chi connectivity index (χ2n) is 6.45. The highest BCUT2D eigenvalue weighted by Crippen LogP contribution is 2.56. The van der Waals surface area contributed by atoms with E-state index in [0.29, 0.717) is 17.6 Å². The maximum atomic E-state index is 5.60. The molecule has 1 heterocycles. The van der Waals surface area contributed by atoms with Gasteiger partial charge in [0.1, 0.15) is 0 Å². The standard InChI is InChI=1S/C12H25N3/c1-8-5-12(8,4)7-11(2,3)15-10-9(6-13)14-10/h8-10,14-15H,5-7,13H2,1-4H3. The Hall–Kier alpha value is -0.120. The molecule has 2 fully saturated rings. The van der Waals surface area contributed by atoms with Crippen molar-refractivity contribution in [3.05, 3.63) is 0 Å². The van der Waals surface area contributed by atoms with Crippen LogP contribution >= 0.6 is 0 Å². The monoisotopic (exact) mass is 211 g/mol. The van der Waals surface area contributed by atoms with Gasteiger partial charge in [0.05, 0.1) is 6.17 Å². The molecule has 1 saturated carbocycles. The average molecular weight is 211 g/mol. The first-order valence-corrected chi connectivity index (χ1v) is 6.10. The summed E-state index contributed by atoms with van der Waals surface area (Å²) in [6, 6.07) is 0.494. The van der Waals surface area contributed by atoms with E-state index in [4.69, 9.17) is 5.73 Å². The fourth-order valence-corrected chi connectivity index (χ4v) is 2.89. The third-order valence-electron chi connectivity index (χ3n) is 4.13. The Bertz CT molecular complexity index is 251. The van der Waals surface area contributed by atoms with Crippen molar-refractivity contribution in [2.45, 2.75) is 58.3 Å². The molecule has 2 rings (SSSR count). The molecule has 3 heteroatoms. The van der Waals surface area contributed by atoms with Gasteiger partial charge in [0.15, 0.2) is 0 Å². The van der Waals surface area contributed by atoms with Gasteiger partial charge >= 0.3 is 0 Å². The second kappa shape index (κ2) is 3.44. The molecule has 88 valence electrons. The van der Waals surface area contributed by atoms with Gasteiger partial charge in [0.2, 0.25) is 0 Å². The molecule has 1 saturated heterocycles. The molecular formula is C12H25N3. The van der Waals surface area contributed by atoms with E-state index in [2.05, 4.69) is 38.3 Å². The van der Waals surface area contributed by atoms with Crippen molar-refractivity contribution in [1.82, 2.24) is 10.6 Å². The first kappa shape index (κ1) is 11.4. The summed E-state index contributed by atoms with van der Waals surface area (Å²) < 4.78 is 0. The highest BCUT2D eigenvalue weighted by atomic mass is 15.3. The molecule has 1 aliphatic carbocycles. The summed E-state index contributed by atoms with van der Waals surface area (Å²) in [4.78, 5) is 0. The maximum absolute atomic E-state index is 5.60. The van der Waals surface area contributed by atoms with Crippen LogP contribution in [0, 0.1) is 11.3 Å². The lowest BCUT2D eigenvalue weighted by Crippen LogP contribution is -2.44. The summed E-state index contributed by atoms with van der Waals surface area (Å²) in [6.07, 6.45) is 3.09. The lowest BCUT2D eigenvalue weighted by atomic mass is 9.88. The SMILES string of the molecule is CC1CC1(C)CC(C)(C)NC1NC1CN. The van der Waals surface area contributed by atoms with Crippen molar-refractivity contribution in [3.8, 4) is 0 Å². The predicted molar refractivity (Wildman–Crippen MR) is 63.5 cm³/mol. The van der Waals surface area contributed by atoms with Crippen LogP contribution in [0.4, 0.5) is 0 Å². The lowest BCUT2D eigenvalue weighted by molar-refractivity contribution is 0.278. The number of nitrogens with one attached hydrogen (secondary N) is 2. The molecule has 0 aromatic carbocycles. The average Bonchev–Trinajstić information content (AvgIpc) is 2.92. The topological polar surface area (TPSA) is 60.0 Å². The molecule has 0 radical (unpaired) electrons. The van der Waals surface area contributed by atoms with Crippen LogP contribution in [0.5, 0.6) is 0 Å². The Morgan fingerprint density at radius 1 is 1.53 bits per heavy atom. The van der Waals surface area contributed by atoms with E-state index in [0.717, 1.165) is 12.5 Å². The van der Waals surface area contributed by atoms with Crippen LogP contribution in [-0.2, 0) is 0 Å². The third kappa shape index (κ3) is 2.52. The van der Waals surface area contributed by atoms with E-state index in [-0.39, 0.29) is 5.54 Å². The summed E-state index contributed by atoms with van der Waals surface area (Å²) in [7, 11) is 0. The molecule has 0 bridgehead atoms. The second-order valence-corrected chi connectivity index (χ2v) is 6.45. The summed E-state index contributed by atoms with van der Waals surface area (Å²) >= 11 is 0. The summed E-state index contributed by atoms with van der Waals surface area (Å²) in [5, 5.41) is 7.01. The molecular weight excluding hydrogens is 186 g/mol. The Balaban J connectivity index is 1.80. The quantitative estimate of drug-likeness (QED) is 0.596. The zero-order chi connectivity index (χ0) is 11.3. The van der Waals surface area contributed by atoms with E-state index in [1.165, 1.54) is 12.8 Å². The molecule has 4 N–H and O–H groups in total. The van der Waals surface area contributed by atoms with Crippen molar-refractivity contribution in [2.24, 2.45) is 17.1 Å². The van der Waals surface area contributed by atoms with E-state index < -0.39 is 0 Å². The highest BCUT2D eigenvalue weighted by molar-refractivity contribution is 5.05. The van der Waals surface area contributed by atoms with Gasteiger partial charge < -0.3 is 5.73 Å². The smallest absolute Gasteiger partial charge is 0.0750 e. The summed E-state index contributed by atoms with van der Waals surface area (Å²) in [6.45, 7) is 10.1. The first-order valence-electron chi connectivity index (χ1n) is 6.10. The maximum Gasteiger partial charge on any atom is 0.0750 e. The zero-order valence-electron chi connectivity index (χ0n) is 10.4. The minimum Gasteiger partial charge on any atom is -0.329 e. The van der Waals surface area contributed by atoms with Crippen LogP contribution in [-0.4, -0.2) is 24.3 Å². The number of hydrogen-bond acceptors (Lipinski definition) is 3. The number of nitrogens with two attached hydrogens (primary N) is 1. The largest absolute Gasteiger partial charge is 0.329 e. The molecule has 4 atom stereocenters. The van der Waals surface area contributed by atoms with Crippen LogP contribution in [0.2, 0.25) is 0 Å². The third-order valence-corrected chi connectivity index (χ3v) is 4.13. The Morgan fingerprint density at radius 3 is 2.53 bits per heavy atom. The Labute approximate surface area is 93.2 Å². The highest BCUT2D eigenvalue weighted by Gasteiger charge is 2.50. The van der Waals surface area contributed by atoms with Crippen LogP contribution in [0.3, 0.4) is 0 Å². The predicted octanol–water partition coefficient (Wildman–Crippen LogP) is 1.05. The van der Waals surface area contributed by atoms with Gasteiger partial charge in [-0.05, 0) is 38.0 Å². The van der Waals surface area contributed by atoms with Gasteiger partial charge in [-0.3, -0.25) is 10.6 Å². The lowest BCUT2D eigenvalue weighted by Gasteiger charge is -2.30. The van der Waals surface area contributed by atoms with Gasteiger partial charge in [-0.2, -0.15) is 0 Å². The molecule has 3 nitrogen and oxygen atoms in total. The van der Waals surface area contributed by atoms with Crippen molar-refractivity contribution in [2.75, 3.05) is 6.54 Å². The number of rotatable bonds is 5. The molecule has 1 aliphatic heterocycles. The Morgan fingerprint density at radius 2 is 2.13 bits per heavy atom. The minimum absolute atomic E-state index is 0.223. The fraction of sp³-hybridized carbons (Fsp3) is 1.00. The van der Waals surface area contributed by atoms with Gasteiger partial charge in [-0.15, -0.1) is 0 Å². The summed E-state index contributed by atoms with van der Waals surface area (Å²) in [5.41, 5.74) is 6.40. The van der Waals surface area contributed by atoms with E-state index in [1.54, 1.807) is 0 Å². The van der Waals surface area contributed by atoms with E-state index in [9.17, 15) is 0 Å². The van der Waals surface area contributed by atoms with Crippen molar-refractivity contribution < 1.29 is 0 Å². The number of hydrogen-bond donors (Lipinski definition) is 3. The molecule has 15 heavy (non-hydrogen) atoms. The fourth-order valence-electron chi connectivity index (χ4n) is 2.89. The molecule has 0 aromatic rings. The molecule has 0 aromatic heterocycles. The van der Waals surface area contributed by atoms with Crippen molar-refractivity contribution >= 4 is 0 Å². The first-order chi connectivity index (χ1) is 6.86. The van der Waals surface area contributed by atoms with E-state index >= 15 is 0 Å². The Kier molecular flexibility index (Phi) is 2.61. The van der Waals surface area contributed by atoms with Crippen LogP contribution < -0.4 is 16.4 Å². The van der Waals surface area contributed by atoms with Crippen molar-refractivity contribution in [1.29, 1.82) is 0 Å². The van der Waals surface area contributed by atoms with Gasteiger partial charge in [0, 0.05) is 18.1 Å². The minimum atomic E-state index is 0.223. The summed E-state index contributed by atoms with van der Waals surface area (Å²) in [5.74, 6) is 0.899. The normalized spacial score (nSPS) is 44.2. The van der Waals surface area contributed by atoms with Gasteiger partial charge in [0.25, 0.3) is 0 Å². The zero-order valence-corrected chi connectivity index (χ0v) is 10.4. The molecule has 0 amide bonds. The van der Waals surface area contributed by atoms with Crippen molar-refractivity contribution in [3.63, 3.8) is 0 Å². The van der Waals surface area contributed by atoms with E-state index in [1.807, 2.05) is 0 Å². The molecule has 4 unspecified atom stereocenters. The van der Waals surface area contributed by atoms with Crippen LogP contribution in [0.25, 0.3) is 0 Å².